The van der Waals surface area contributed by atoms with Gasteiger partial charge < -0.3 is 10.6 Å². The molecule has 3 nitrogen and oxygen atoms in total. The Bertz CT molecular complexity index is 416. The lowest BCUT2D eigenvalue weighted by molar-refractivity contribution is 0.244. The molecular formula is C14H19FN2O. The first-order valence-electron chi connectivity index (χ1n) is 6.03. The van der Waals surface area contributed by atoms with Crippen LogP contribution in [0.15, 0.2) is 36.5 Å². The molecule has 0 saturated carbocycles. The molecule has 0 aliphatic carbocycles. The van der Waals surface area contributed by atoms with Gasteiger partial charge in [0.15, 0.2) is 0 Å². The van der Waals surface area contributed by atoms with Gasteiger partial charge in [-0.05, 0) is 30.0 Å². The molecule has 1 rings (SSSR count). The summed E-state index contributed by atoms with van der Waals surface area (Å²) in [7, 11) is 0. The molecule has 0 aromatic heterocycles. The Hall–Kier alpha value is -1.84. The highest BCUT2D eigenvalue weighted by Gasteiger charge is 1.98. The Morgan fingerprint density at radius 1 is 1.44 bits per heavy atom. The molecule has 0 heterocycles. The van der Waals surface area contributed by atoms with E-state index >= 15 is 0 Å². The summed E-state index contributed by atoms with van der Waals surface area (Å²) in [6.45, 7) is 4.53. The van der Waals surface area contributed by atoms with Crippen LogP contribution in [0.25, 0.3) is 0 Å². The fraction of sp³-hybridized carbons (Fsp3) is 0.357. The normalized spacial score (nSPS) is 10.9. The maximum atomic E-state index is 12.9. The second kappa shape index (κ2) is 7.48. The number of urea groups is 1. The molecule has 0 aliphatic rings. The summed E-state index contributed by atoms with van der Waals surface area (Å²) in [4.78, 5) is 11.3. The van der Waals surface area contributed by atoms with Crippen molar-refractivity contribution in [3.05, 3.63) is 47.9 Å². The molecule has 18 heavy (non-hydrogen) atoms. The van der Waals surface area contributed by atoms with E-state index < -0.39 is 0 Å². The van der Waals surface area contributed by atoms with Crippen LogP contribution >= 0.6 is 0 Å². The van der Waals surface area contributed by atoms with E-state index in [0.29, 0.717) is 18.9 Å². The van der Waals surface area contributed by atoms with Crippen molar-refractivity contribution in [3.8, 4) is 0 Å². The van der Waals surface area contributed by atoms with Crippen LogP contribution in [-0.2, 0) is 6.42 Å². The number of rotatable bonds is 5. The number of carbonyl (C=O) groups is 1. The first-order chi connectivity index (χ1) is 8.58. The number of amides is 2. The Kier molecular flexibility index (Phi) is 5.91. The Balaban J connectivity index is 2.23. The molecule has 1 aromatic carbocycles. The van der Waals surface area contributed by atoms with Crippen molar-refractivity contribution in [3.63, 3.8) is 0 Å². The molecule has 1 aromatic rings. The van der Waals surface area contributed by atoms with E-state index in [2.05, 4.69) is 10.6 Å². The lowest BCUT2D eigenvalue weighted by Crippen LogP contribution is -2.33. The number of carbonyl (C=O) groups excluding carboxylic acids is 1. The van der Waals surface area contributed by atoms with E-state index in [-0.39, 0.29) is 11.8 Å². The third-order valence-corrected chi connectivity index (χ3v) is 2.28. The first-order valence-corrected chi connectivity index (χ1v) is 6.03. The average molecular weight is 250 g/mol. The van der Waals surface area contributed by atoms with E-state index in [1.54, 1.807) is 12.3 Å². The molecule has 2 amide bonds. The van der Waals surface area contributed by atoms with E-state index in [1.807, 2.05) is 26.0 Å². The van der Waals surface area contributed by atoms with Crippen molar-refractivity contribution in [2.45, 2.75) is 20.3 Å². The van der Waals surface area contributed by atoms with Gasteiger partial charge >= 0.3 is 6.03 Å². The van der Waals surface area contributed by atoms with E-state index in [0.717, 1.165) is 5.56 Å². The molecule has 2 N–H and O–H groups in total. The maximum absolute atomic E-state index is 12.9. The number of hydrogen-bond acceptors (Lipinski definition) is 1. The van der Waals surface area contributed by atoms with E-state index in [9.17, 15) is 9.18 Å². The van der Waals surface area contributed by atoms with Crippen molar-refractivity contribution in [2.75, 3.05) is 6.54 Å². The largest absolute Gasteiger partial charge is 0.338 e. The highest BCUT2D eigenvalue weighted by atomic mass is 19.1. The maximum Gasteiger partial charge on any atom is 0.318 e. The van der Waals surface area contributed by atoms with Gasteiger partial charge in [0.1, 0.15) is 5.82 Å². The van der Waals surface area contributed by atoms with Gasteiger partial charge in [0, 0.05) is 12.7 Å². The number of hydrogen-bond donors (Lipinski definition) is 2. The zero-order chi connectivity index (χ0) is 13.4. The molecule has 0 saturated heterocycles. The second-order valence-electron chi connectivity index (χ2n) is 4.38. The molecule has 4 heteroatoms. The predicted octanol–water partition coefficient (Wildman–Crippen LogP) is 2.84. The van der Waals surface area contributed by atoms with Gasteiger partial charge in [0.2, 0.25) is 0 Å². The van der Waals surface area contributed by atoms with Crippen molar-refractivity contribution >= 4 is 6.03 Å². The van der Waals surface area contributed by atoms with E-state index in [1.165, 1.54) is 12.1 Å². The van der Waals surface area contributed by atoms with E-state index in [4.69, 9.17) is 0 Å². The SMILES string of the molecule is CC(C)/C=C/NC(=O)NCCc1cccc(F)c1. The van der Waals surface area contributed by atoms with Crippen LogP contribution in [0.3, 0.4) is 0 Å². The number of allylic oxidation sites excluding steroid dienone is 1. The van der Waals surface area contributed by atoms with Crippen LogP contribution in [0.1, 0.15) is 19.4 Å². The molecule has 0 unspecified atom stereocenters. The molecule has 0 radical (unpaired) electrons. The van der Waals surface area contributed by atoms with Crippen molar-refractivity contribution in [1.82, 2.24) is 10.6 Å². The van der Waals surface area contributed by atoms with Gasteiger partial charge in [-0.15, -0.1) is 0 Å². The Morgan fingerprint density at radius 3 is 2.89 bits per heavy atom. The van der Waals surface area contributed by atoms with Gasteiger partial charge in [-0.25, -0.2) is 9.18 Å². The summed E-state index contributed by atoms with van der Waals surface area (Å²) in [5, 5.41) is 5.31. The van der Waals surface area contributed by atoms with Gasteiger partial charge in [-0.2, -0.15) is 0 Å². The van der Waals surface area contributed by atoms with Gasteiger partial charge in [-0.1, -0.05) is 32.1 Å². The monoisotopic (exact) mass is 250 g/mol. The van der Waals surface area contributed by atoms with Crippen LogP contribution in [0, 0.1) is 11.7 Å². The smallest absolute Gasteiger partial charge is 0.318 e. The lowest BCUT2D eigenvalue weighted by atomic mass is 10.1. The van der Waals surface area contributed by atoms with Gasteiger partial charge in [0.25, 0.3) is 0 Å². The van der Waals surface area contributed by atoms with Crippen LogP contribution in [0.2, 0.25) is 0 Å². The quantitative estimate of drug-likeness (QED) is 0.829. The highest BCUT2D eigenvalue weighted by Crippen LogP contribution is 2.03. The van der Waals surface area contributed by atoms with Crippen LogP contribution in [-0.4, -0.2) is 12.6 Å². The number of benzene rings is 1. The summed E-state index contributed by atoms with van der Waals surface area (Å²) in [6.07, 6.45) is 4.13. The molecule has 0 spiro atoms. The predicted molar refractivity (Wildman–Crippen MR) is 70.6 cm³/mol. The minimum atomic E-state index is -0.253. The second-order valence-corrected chi connectivity index (χ2v) is 4.38. The molecule has 0 bridgehead atoms. The molecule has 0 fully saturated rings. The van der Waals surface area contributed by atoms with Crippen molar-refractivity contribution in [1.29, 1.82) is 0 Å². The van der Waals surface area contributed by atoms with Crippen LogP contribution < -0.4 is 10.6 Å². The minimum Gasteiger partial charge on any atom is -0.338 e. The van der Waals surface area contributed by atoms with Gasteiger partial charge in [-0.3, -0.25) is 0 Å². The summed E-state index contributed by atoms with van der Waals surface area (Å²) in [5.41, 5.74) is 0.869. The first kappa shape index (κ1) is 14.2. The fourth-order valence-electron chi connectivity index (χ4n) is 1.38. The highest BCUT2D eigenvalue weighted by molar-refractivity contribution is 5.74. The summed E-state index contributed by atoms with van der Waals surface area (Å²) >= 11 is 0. The Labute approximate surface area is 107 Å². The number of nitrogens with one attached hydrogen (secondary N) is 2. The molecule has 0 aliphatic heterocycles. The van der Waals surface area contributed by atoms with Crippen molar-refractivity contribution in [2.24, 2.45) is 5.92 Å². The third-order valence-electron chi connectivity index (χ3n) is 2.28. The van der Waals surface area contributed by atoms with Crippen molar-refractivity contribution < 1.29 is 9.18 Å². The minimum absolute atomic E-state index is 0.247. The lowest BCUT2D eigenvalue weighted by Gasteiger charge is -2.05. The standard InChI is InChI=1S/C14H19FN2O/c1-11(2)6-8-16-14(18)17-9-7-12-4-3-5-13(15)10-12/h3-6,8,10-11H,7,9H2,1-2H3,(H2,16,17,18)/b8-6+. The Morgan fingerprint density at radius 2 is 2.22 bits per heavy atom. The third kappa shape index (κ3) is 6.03. The zero-order valence-electron chi connectivity index (χ0n) is 10.7. The fourth-order valence-corrected chi connectivity index (χ4v) is 1.38. The molecular weight excluding hydrogens is 231 g/mol. The average Bonchev–Trinajstić information content (AvgIpc) is 2.28. The zero-order valence-corrected chi connectivity index (χ0v) is 10.7. The molecule has 0 atom stereocenters. The summed E-state index contributed by atoms with van der Waals surface area (Å²) in [5.74, 6) is 0.148. The topological polar surface area (TPSA) is 41.1 Å². The number of halogens is 1. The van der Waals surface area contributed by atoms with Gasteiger partial charge in [0.05, 0.1) is 0 Å². The summed E-state index contributed by atoms with van der Waals surface area (Å²) in [6, 6.07) is 6.12. The molecule has 98 valence electrons. The van der Waals surface area contributed by atoms with Crippen LogP contribution in [0.5, 0.6) is 0 Å². The van der Waals surface area contributed by atoms with Crippen LogP contribution in [0.4, 0.5) is 9.18 Å². The summed E-state index contributed by atoms with van der Waals surface area (Å²) < 4.78 is 12.9.